The van der Waals surface area contributed by atoms with E-state index in [1.807, 2.05) is 6.07 Å². The summed E-state index contributed by atoms with van der Waals surface area (Å²) in [5.41, 5.74) is 6.69. The summed E-state index contributed by atoms with van der Waals surface area (Å²) in [5.74, 6) is -1.58. The molecule has 9 nitrogen and oxygen atoms in total. The number of likely N-dealkylation sites (tertiary alicyclic amines) is 1. The predicted molar refractivity (Wildman–Crippen MR) is 119 cm³/mol. The molecule has 9 heteroatoms. The number of carbonyl (C=O) groups excluding carboxylic acids is 4. The van der Waals surface area contributed by atoms with E-state index in [2.05, 4.69) is 5.32 Å². The molecule has 0 spiro atoms. The summed E-state index contributed by atoms with van der Waals surface area (Å²) in [6.07, 6.45) is 0.614. The summed E-state index contributed by atoms with van der Waals surface area (Å²) in [4.78, 5) is 51.0. The Morgan fingerprint density at radius 2 is 1.70 bits per heavy atom. The molecule has 33 heavy (non-hydrogen) atoms. The number of hydrogen-bond acceptors (Lipinski definition) is 6. The second-order valence-electron chi connectivity index (χ2n) is 7.78. The number of ketones is 1. The van der Waals surface area contributed by atoms with E-state index in [1.54, 1.807) is 42.5 Å². The molecule has 1 heterocycles. The molecule has 1 unspecified atom stereocenters. The molecule has 3 amide bonds. The van der Waals surface area contributed by atoms with Gasteiger partial charge in [0.15, 0.2) is 0 Å². The Balaban J connectivity index is 1.78. The average molecular weight is 453 g/mol. The van der Waals surface area contributed by atoms with E-state index in [4.69, 9.17) is 15.2 Å². The Morgan fingerprint density at radius 1 is 1.06 bits per heavy atom. The van der Waals surface area contributed by atoms with Gasteiger partial charge in [-0.25, -0.2) is 0 Å². The third-order valence-corrected chi connectivity index (χ3v) is 5.55. The average Bonchev–Trinajstić information content (AvgIpc) is 3.18. The van der Waals surface area contributed by atoms with Crippen LogP contribution in [0.3, 0.4) is 0 Å². The zero-order valence-electron chi connectivity index (χ0n) is 18.6. The number of carbonyl (C=O) groups is 4. The maximum Gasteiger partial charge on any atom is 0.287 e. The molecule has 2 atom stereocenters. The molecule has 1 aliphatic heterocycles. The van der Waals surface area contributed by atoms with Crippen molar-refractivity contribution in [1.29, 1.82) is 0 Å². The topological polar surface area (TPSA) is 128 Å². The number of benzene rings is 2. The fourth-order valence-corrected chi connectivity index (χ4v) is 3.86. The van der Waals surface area contributed by atoms with Crippen molar-refractivity contribution in [3.63, 3.8) is 0 Å². The third kappa shape index (κ3) is 5.88. The van der Waals surface area contributed by atoms with Gasteiger partial charge in [-0.1, -0.05) is 30.3 Å². The van der Waals surface area contributed by atoms with Gasteiger partial charge in [-0.05, 0) is 29.7 Å². The summed E-state index contributed by atoms with van der Waals surface area (Å²) in [7, 11) is 3.05. The molecule has 0 aromatic heterocycles. The second kappa shape index (κ2) is 10.6. The van der Waals surface area contributed by atoms with Crippen LogP contribution in [0.5, 0.6) is 11.5 Å². The smallest absolute Gasteiger partial charge is 0.287 e. The van der Waals surface area contributed by atoms with Gasteiger partial charge in [0.05, 0.1) is 14.2 Å². The quantitative estimate of drug-likeness (QED) is 0.516. The van der Waals surface area contributed by atoms with Crippen LogP contribution in [0.4, 0.5) is 0 Å². The first-order valence-electron chi connectivity index (χ1n) is 10.5. The largest absolute Gasteiger partial charge is 0.497 e. The lowest BCUT2D eigenvalue weighted by molar-refractivity contribution is -0.140. The van der Waals surface area contributed by atoms with E-state index in [9.17, 15) is 19.2 Å². The van der Waals surface area contributed by atoms with Crippen molar-refractivity contribution in [3.05, 3.63) is 59.7 Å². The van der Waals surface area contributed by atoms with E-state index in [1.165, 1.54) is 19.1 Å². The Morgan fingerprint density at radius 3 is 2.27 bits per heavy atom. The molecule has 2 aromatic carbocycles. The van der Waals surface area contributed by atoms with Crippen molar-refractivity contribution in [2.75, 3.05) is 14.2 Å². The van der Waals surface area contributed by atoms with Crippen LogP contribution in [0.1, 0.15) is 24.0 Å². The fourth-order valence-electron chi connectivity index (χ4n) is 3.86. The third-order valence-electron chi connectivity index (χ3n) is 5.55. The van der Waals surface area contributed by atoms with E-state index in [0.29, 0.717) is 17.9 Å². The van der Waals surface area contributed by atoms with Crippen LogP contribution in [0.15, 0.2) is 48.5 Å². The van der Waals surface area contributed by atoms with Gasteiger partial charge in [-0.2, -0.15) is 0 Å². The molecule has 0 bridgehead atoms. The van der Waals surface area contributed by atoms with Gasteiger partial charge in [-0.3, -0.25) is 19.2 Å². The normalized spacial score (nSPS) is 16.2. The molecule has 1 fully saturated rings. The number of hydrogen-bond donors (Lipinski definition) is 2. The maximum absolute atomic E-state index is 13.1. The summed E-state index contributed by atoms with van der Waals surface area (Å²) >= 11 is 0. The van der Waals surface area contributed by atoms with Crippen LogP contribution in [0.25, 0.3) is 0 Å². The molecular formula is C24H27N3O6. The number of nitrogens with zero attached hydrogens (tertiary/aromatic N) is 1. The lowest BCUT2D eigenvalue weighted by atomic mass is 10.0. The molecule has 0 saturated carbocycles. The first-order valence-corrected chi connectivity index (χ1v) is 10.5. The Kier molecular flexibility index (Phi) is 7.66. The second-order valence-corrected chi connectivity index (χ2v) is 7.78. The van der Waals surface area contributed by atoms with Crippen LogP contribution >= 0.6 is 0 Å². The van der Waals surface area contributed by atoms with E-state index in [0.717, 1.165) is 11.1 Å². The van der Waals surface area contributed by atoms with Crippen molar-refractivity contribution in [1.82, 2.24) is 10.2 Å². The minimum atomic E-state index is -1.13. The van der Waals surface area contributed by atoms with Crippen molar-refractivity contribution in [2.24, 2.45) is 5.73 Å². The number of methoxy groups -OCH3 is 2. The van der Waals surface area contributed by atoms with Crippen molar-refractivity contribution >= 4 is 23.5 Å². The number of primary amides is 1. The standard InChI is InChI=1S/C24H27N3O6/c1-32-17-10-16(11-18(13-17)33-2)14-27-20(8-9-21(27)28)24(31)26-19(22(29)23(25)30)12-15-6-4-3-5-7-15/h3-7,10-11,13,19-20H,8-9,12,14H2,1-2H3,(H2,25,30)(H,26,31)/t19-,20?/m1/s1. The summed E-state index contributed by atoms with van der Waals surface area (Å²) in [6, 6.07) is 12.3. The van der Waals surface area contributed by atoms with Gasteiger partial charge in [0.1, 0.15) is 23.6 Å². The molecule has 0 radical (unpaired) electrons. The fraction of sp³-hybridized carbons (Fsp3) is 0.333. The molecule has 3 rings (SSSR count). The minimum Gasteiger partial charge on any atom is -0.497 e. The van der Waals surface area contributed by atoms with Crippen LogP contribution < -0.4 is 20.5 Å². The van der Waals surface area contributed by atoms with Crippen molar-refractivity contribution in [3.8, 4) is 11.5 Å². The minimum absolute atomic E-state index is 0.113. The molecular weight excluding hydrogens is 426 g/mol. The highest BCUT2D eigenvalue weighted by Crippen LogP contribution is 2.27. The number of nitrogens with two attached hydrogens (primary N) is 1. The van der Waals surface area contributed by atoms with Crippen LogP contribution in [-0.4, -0.2) is 54.7 Å². The highest BCUT2D eigenvalue weighted by molar-refractivity contribution is 6.38. The van der Waals surface area contributed by atoms with Crippen molar-refractivity contribution in [2.45, 2.75) is 37.9 Å². The zero-order chi connectivity index (χ0) is 24.0. The lowest BCUT2D eigenvalue weighted by Crippen LogP contribution is -2.53. The highest BCUT2D eigenvalue weighted by Gasteiger charge is 2.38. The summed E-state index contributed by atoms with van der Waals surface area (Å²) in [5, 5.41) is 2.64. The van der Waals surface area contributed by atoms with Crippen molar-refractivity contribution < 1.29 is 28.7 Å². The van der Waals surface area contributed by atoms with Crippen LogP contribution in [-0.2, 0) is 32.1 Å². The summed E-state index contributed by atoms with van der Waals surface area (Å²) < 4.78 is 10.6. The van der Waals surface area contributed by atoms with Gasteiger partial charge in [0.2, 0.25) is 17.6 Å². The monoisotopic (exact) mass is 453 g/mol. The molecule has 2 aromatic rings. The van der Waals surface area contributed by atoms with Gasteiger partial charge in [0, 0.05) is 25.5 Å². The SMILES string of the molecule is COc1cc(CN2C(=O)CCC2C(=O)N[C@H](Cc2ccccc2)C(=O)C(N)=O)cc(OC)c1. The molecule has 3 N–H and O–H groups in total. The van der Waals surface area contributed by atoms with Gasteiger partial charge >= 0.3 is 0 Å². The van der Waals surface area contributed by atoms with Gasteiger partial charge in [-0.15, -0.1) is 0 Å². The van der Waals surface area contributed by atoms with Crippen LogP contribution in [0.2, 0.25) is 0 Å². The zero-order valence-corrected chi connectivity index (χ0v) is 18.6. The van der Waals surface area contributed by atoms with Gasteiger partial charge < -0.3 is 25.4 Å². The molecule has 174 valence electrons. The van der Waals surface area contributed by atoms with E-state index < -0.39 is 29.7 Å². The predicted octanol–water partition coefficient (Wildman–Crippen LogP) is 0.977. The van der Waals surface area contributed by atoms with E-state index >= 15 is 0 Å². The summed E-state index contributed by atoms with van der Waals surface area (Å²) in [6.45, 7) is 0.164. The number of rotatable bonds is 10. The molecule has 0 aliphatic carbocycles. The Labute approximate surface area is 191 Å². The van der Waals surface area contributed by atoms with Gasteiger partial charge in [0.25, 0.3) is 5.91 Å². The molecule has 1 saturated heterocycles. The molecule has 1 aliphatic rings. The number of nitrogens with one attached hydrogen (secondary N) is 1. The first-order chi connectivity index (χ1) is 15.8. The lowest BCUT2D eigenvalue weighted by Gasteiger charge is -2.26. The first kappa shape index (κ1) is 23.8. The maximum atomic E-state index is 13.1. The Hall–Kier alpha value is -3.88. The number of Topliss-reactive ketones (excluding diaryl/α,β-unsaturated/α-hetero) is 1. The highest BCUT2D eigenvalue weighted by atomic mass is 16.5. The van der Waals surface area contributed by atoms with Crippen LogP contribution in [0, 0.1) is 0 Å². The van der Waals surface area contributed by atoms with E-state index in [-0.39, 0.29) is 25.3 Å². The number of ether oxygens (including phenoxy) is 2. The Bertz CT molecular complexity index is 1020. The number of amides is 3.